The molecule has 2 nitrogen and oxygen atoms in total. The number of rotatable bonds is 4. The van der Waals surface area contributed by atoms with Gasteiger partial charge < -0.3 is 4.74 Å². The van der Waals surface area contributed by atoms with E-state index in [1.54, 1.807) is 0 Å². The SMILES string of the molecule is CC(=O)OC=CCc1ccccc1-c1ccccc1. The lowest BCUT2D eigenvalue weighted by molar-refractivity contribution is -0.135. The van der Waals surface area contributed by atoms with E-state index in [-0.39, 0.29) is 5.97 Å². The Kier molecular flexibility index (Phi) is 4.51. The molecule has 2 heteroatoms. The van der Waals surface area contributed by atoms with Crippen LogP contribution in [0.25, 0.3) is 11.1 Å². The number of benzene rings is 2. The monoisotopic (exact) mass is 252 g/mol. The van der Waals surface area contributed by atoms with Crippen molar-refractivity contribution >= 4 is 5.97 Å². The molecule has 0 amide bonds. The first kappa shape index (κ1) is 13.1. The maximum absolute atomic E-state index is 10.7. The van der Waals surface area contributed by atoms with Crippen molar-refractivity contribution in [2.45, 2.75) is 13.3 Å². The predicted octanol–water partition coefficient (Wildman–Crippen LogP) is 3.97. The summed E-state index contributed by atoms with van der Waals surface area (Å²) < 4.78 is 4.79. The van der Waals surface area contributed by atoms with Crippen LogP contribution in [0.1, 0.15) is 12.5 Å². The second-order valence-electron chi connectivity index (χ2n) is 4.21. The fourth-order valence-electron chi connectivity index (χ4n) is 1.92. The molecule has 0 N–H and O–H groups in total. The van der Waals surface area contributed by atoms with Crippen molar-refractivity contribution in [2.24, 2.45) is 0 Å². The van der Waals surface area contributed by atoms with Crippen molar-refractivity contribution < 1.29 is 9.53 Å². The molecule has 0 fully saturated rings. The lowest BCUT2D eigenvalue weighted by atomic mass is 9.98. The topological polar surface area (TPSA) is 26.3 Å². The van der Waals surface area contributed by atoms with E-state index < -0.39 is 0 Å². The standard InChI is InChI=1S/C17H16O2/c1-14(18)19-13-7-11-16-10-5-6-12-17(16)15-8-3-2-4-9-15/h2-10,12-13H,11H2,1H3. The van der Waals surface area contributed by atoms with Crippen LogP contribution < -0.4 is 0 Å². The van der Waals surface area contributed by atoms with Crippen molar-refractivity contribution in [1.29, 1.82) is 0 Å². The van der Waals surface area contributed by atoms with Crippen molar-refractivity contribution in [1.82, 2.24) is 0 Å². The van der Waals surface area contributed by atoms with Gasteiger partial charge in [0.05, 0.1) is 6.26 Å². The van der Waals surface area contributed by atoms with E-state index >= 15 is 0 Å². The zero-order valence-corrected chi connectivity index (χ0v) is 10.9. The highest BCUT2D eigenvalue weighted by molar-refractivity contribution is 5.68. The third-order valence-electron chi connectivity index (χ3n) is 2.77. The summed E-state index contributed by atoms with van der Waals surface area (Å²) in [5.41, 5.74) is 3.60. The minimum absolute atomic E-state index is 0.299. The van der Waals surface area contributed by atoms with Gasteiger partial charge >= 0.3 is 5.97 Å². The molecule has 0 aliphatic rings. The van der Waals surface area contributed by atoms with Crippen LogP contribution in [0.3, 0.4) is 0 Å². The number of carbonyl (C=O) groups excluding carboxylic acids is 1. The molecular formula is C17H16O2. The van der Waals surface area contributed by atoms with Crippen LogP contribution in [-0.4, -0.2) is 5.97 Å². The summed E-state index contributed by atoms with van der Waals surface area (Å²) in [6, 6.07) is 18.5. The summed E-state index contributed by atoms with van der Waals surface area (Å²) in [5, 5.41) is 0. The van der Waals surface area contributed by atoms with Gasteiger partial charge in [0, 0.05) is 6.92 Å². The Hall–Kier alpha value is -2.35. The van der Waals surface area contributed by atoms with E-state index in [2.05, 4.69) is 24.3 Å². The molecule has 0 saturated carbocycles. The smallest absolute Gasteiger partial charge is 0.307 e. The Morgan fingerprint density at radius 3 is 2.47 bits per heavy atom. The number of hydrogen-bond donors (Lipinski definition) is 0. The van der Waals surface area contributed by atoms with Crippen LogP contribution in [0.2, 0.25) is 0 Å². The highest BCUT2D eigenvalue weighted by Gasteiger charge is 2.02. The summed E-state index contributed by atoms with van der Waals surface area (Å²) in [4.78, 5) is 10.7. The fraction of sp³-hybridized carbons (Fsp3) is 0.118. The van der Waals surface area contributed by atoms with Crippen molar-refractivity contribution in [3.8, 4) is 11.1 Å². The quantitative estimate of drug-likeness (QED) is 0.608. The van der Waals surface area contributed by atoms with E-state index in [1.807, 2.05) is 36.4 Å². The second kappa shape index (κ2) is 6.55. The lowest BCUT2D eigenvalue weighted by Crippen LogP contribution is -1.91. The molecule has 0 atom stereocenters. The van der Waals surface area contributed by atoms with E-state index in [9.17, 15) is 4.79 Å². The van der Waals surface area contributed by atoms with Gasteiger partial charge in [0.25, 0.3) is 0 Å². The van der Waals surface area contributed by atoms with Crippen molar-refractivity contribution in [2.75, 3.05) is 0 Å². The van der Waals surface area contributed by atoms with Gasteiger partial charge in [-0.2, -0.15) is 0 Å². The molecule has 2 aromatic carbocycles. The van der Waals surface area contributed by atoms with Crippen LogP contribution in [-0.2, 0) is 16.0 Å². The Labute approximate surface area is 113 Å². The largest absolute Gasteiger partial charge is 0.435 e. The Morgan fingerprint density at radius 1 is 1.05 bits per heavy atom. The summed E-state index contributed by atoms with van der Waals surface area (Å²) in [6.07, 6.45) is 4.03. The van der Waals surface area contributed by atoms with Crippen LogP contribution in [0.5, 0.6) is 0 Å². The maximum atomic E-state index is 10.7. The Morgan fingerprint density at radius 2 is 1.74 bits per heavy atom. The van der Waals surface area contributed by atoms with E-state index in [0.29, 0.717) is 0 Å². The first-order chi connectivity index (χ1) is 9.27. The summed E-state index contributed by atoms with van der Waals surface area (Å²) in [6.45, 7) is 1.39. The van der Waals surface area contributed by atoms with Crippen LogP contribution in [0.15, 0.2) is 66.9 Å². The van der Waals surface area contributed by atoms with E-state index in [4.69, 9.17) is 4.74 Å². The summed E-state index contributed by atoms with van der Waals surface area (Å²) >= 11 is 0. The summed E-state index contributed by atoms with van der Waals surface area (Å²) in [7, 11) is 0. The Balaban J connectivity index is 2.18. The average molecular weight is 252 g/mol. The normalized spacial score (nSPS) is 10.6. The minimum atomic E-state index is -0.299. The van der Waals surface area contributed by atoms with Crippen molar-refractivity contribution in [3.63, 3.8) is 0 Å². The molecule has 0 spiro atoms. The molecule has 96 valence electrons. The molecule has 0 aliphatic carbocycles. The molecule has 0 bridgehead atoms. The molecule has 2 aromatic rings. The number of ether oxygens (including phenoxy) is 1. The summed E-state index contributed by atoms with van der Waals surface area (Å²) in [5.74, 6) is -0.299. The van der Waals surface area contributed by atoms with Gasteiger partial charge in [-0.15, -0.1) is 0 Å². The molecule has 0 radical (unpaired) electrons. The van der Waals surface area contributed by atoms with Gasteiger partial charge in [0.2, 0.25) is 0 Å². The van der Waals surface area contributed by atoms with Gasteiger partial charge in [-0.05, 0) is 29.2 Å². The van der Waals surface area contributed by atoms with E-state index in [1.165, 1.54) is 29.9 Å². The highest BCUT2D eigenvalue weighted by atomic mass is 16.5. The first-order valence-electron chi connectivity index (χ1n) is 6.23. The number of esters is 1. The molecular weight excluding hydrogens is 236 g/mol. The van der Waals surface area contributed by atoms with Crippen LogP contribution >= 0.6 is 0 Å². The van der Waals surface area contributed by atoms with Gasteiger partial charge in [0.15, 0.2) is 0 Å². The Bertz CT molecular complexity index is 571. The minimum Gasteiger partial charge on any atom is -0.435 e. The molecule has 0 aromatic heterocycles. The van der Waals surface area contributed by atoms with E-state index in [0.717, 1.165) is 6.42 Å². The first-order valence-corrected chi connectivity index (χ1v) is 6.23. The van der Waals surface area contributed by atoms with Gasteiger partial charge in [-0.1, -0.05) is 54.6 Å². The molecule has 2 rings (SSSR count). The third-order valence-corrected chi connectivity index (χ3v) is 2.77. The number of hydrogen-bond acceptors (Lipinski definition) is 2. The molecule has 0 aliphatic heterocycles. The predicted molar refractivity (Wildman–Crippen MR) is 76.5 cm³/mol. The fourth-order valence-corrected chi connectivity index (χ4v) is 1.92. The molecule has 0 heterocycles. The van der Waals surface area contributed by atoms with Crippen LogP contribution in [0.4, 0.5) is 0 Å². The average Bonchev–Trinajstić information content (AvgIpc) is 2.45. The van der Waals surface area contributed by atoms with Gasteiger partial charge in [-0.25, -0.2) is 0 Å². The highest BCUT2D eigenvalue weighted by Crippen LogP contribution is 2.23. The zero-order valence-electron chi connectivity index (χ0n) is 10.9. The van der Waals surface area contributed by atoms with Crippen molar-refractivity contribution in [3.05, 3.63) is 72.5 Å². The number of allylic oxidation sites excluding steroid dienone is 1. The molecule has 0 unspecified atom stereocenters. The lowest BCUT2D eigenvalue weighted by Gasteiger charge is -2.07. The maximum Gasteiger partial charge on any atom is 0.307 e. The second-order valence-corrected chi connectivity index (χ2v) is 4.21. The van der Waals surface area contributed by atoms with Crippen LogP contribution in [0, 0.1) is 0 Å². The third kappa shape index (κ3) is 3.81. The van der Waals surface area contributed by atoms with Gasteiger partial charge in [-0.3, -0.25) is 4.79 Å². The number of carbonyl (C=O) groups is 1. The molecule has 0 saturated heterocycles. The molecule has 19 heavy (non-hydrogen) atoms. The van der Waals surface area contributed by atoms with Gasteiger partial charge in [0.1, 0.15) is 0 Å². The zero-order chi connectivity index (χ0) is 13.5.